The number of benzene rings is 1. The standard InChI is InChI=1S/C15H23BrN2/c1-18(10-12-5-4-7-14(16)9-12)11-13-6-2-3-8-15(13)17/h4-5,7,9,13,15H,2-3,6,8,10-11,17H2,1H3. The SMILES string of the molecule is CN(Cc1cccc(Br)c1)CC1CCCCC1N. The van der Waals surface area contributed by atoms with Crippen LogP contribution in [0.25, 0.3) is 0 Å². The number of rotatable bonds is 4. The summed E-state index contributed by atoms with van der Waals surface area (Å²) in [6, 6.07) is 8.95. The first kappa shape index (κ1) is 14.0. The minimum absolute atomic E-state index is 0.406. The summed E-state index contributed by atoms with van der Waals surface area (Å²) in [5, 5.41) is 0. The molecule has 0 spiro atoms. The molecule has 3 heteroatoms. The first-order chi connectivity index (χ1) is 8.65. The predicted octanol–water partition coefficient (Wildman–Crippen LogP) is 3.40. The fourth-order valence-electron chi connectivity index (χ4n) is 2.87. The van der Waals surface area contributed by atoms with Crippen LogP contribution in [0, 0.1) is 5.92 Å². The molecule has 1 saturated carbocycles. The van der Waals surface area contributed by atoms with E-state index in [9.17, 15) is 0 Å². The molecule has 1 aromatic rings. The fourth-order valence-corrected chi connectivity index (χ4v) is 3.32. The van der Waals surface area contributed by atoms with Gasteiger partial charge in [-0.2, -0.15) is 0 Å². The van der Waals surface area contributed by atoms with E-state index in [4.69, 9.17) is 5.73 Å². The number of nitrogens with two attached hydrogens (primary N) is 1. The Morgan fingerprint density at radius 1 is 1.33 bits per heavy atom. The molecule has 0 aliphatic heterocycles. The highest BCUT2D eigenvalue weighted by Crippen LogP contribution is 2.24. The molecule has 100 valence electrons. The van der Waals surface area contributed by atoms with E-state index < -0.39 is 0 Å². The van der Waals surface area contributed by atoms with Crippen molar-refractivity contribution in [2.75, 3.05) is 13.6 Å². The monoisotopic (exact) mass is 310 g/mol. The molecule has 1 fully saturated rings. The van der Waals surface area contributed by atoms with E-state index in [-0.39, 0.29) is 0 Å². The Hall–Kier alpha value is -0.380. The molecule has 2 N–H and O–H groups in total. The molecule has 18 heavy (non-hydrogen) atoms. The lowest BCUT2D eigenvalue weighted by Crippen LogP contribution is -2.39. The largest absolute Gasteiger partial charge is 0.327 e. The second kappa shape index (κ2) is 6.69. The average Bonchev–Trinajstić information content (AvgIpc) is 2.32. The third kappa shape index (κ3) is 4.08. The van der Waals surface area contributed by atoms with Crippen molar-refractivity contribution in [2.24, 2.45) is 11.7 Å². The molecular weight excluding hydrogens is 288 g/mol. The van der Waals surface area contributed by atoms with E-state index in [1.807, 2.05) is 0 Å². The summed E-state index contributed by atoms with van der Waals surface area (Å²) in [6.07, 6.45) is 5.16. The zero-order valence-electron chi connectivity index (χ0n) is 11.1. The molecule has 0 saturated heterocycles. The van der Waals surface area contributed by atoms with Gasteiger partial charge >= 0.3 is 0 Å². The average molecular weight is 311 g/mol. The summed E-state index contributed by atoms with van der Waals surface area (Å²) in [5.41, 5.74) is 7.57. The summed E-state index contributed by atoms with van der Waals surface area (Å²) >= 11 is 3.52. The Morgan fingerprint density at radius 2 is 2.11 bits per heavy atom. The van der Waals surface area contributed by atoms with Gasteiger partial charge in [0.15, 0.2) is 0 Å². The zero-order valence-corrected chi connectivity index (χ0v) is 12.7. The number of hydrogen-bond acceptors (Lipinski definition) is 2. The van der Waals surface area contributed by atoms with Gasteiger partial charge in [0.25, 0.3) is 0 Å². The van der Waals surface area contributed by atoms with E-state index in [0.29, 0.717) is 12.0 Å². The molecule has 0 radical (unpaired) electrons. The molecule has 0 heterocycles. The van der Waals surface area contributed by atoms with Crippen molar-refractivity contribution in [2.45, 2.75) is 38.3 Å². The first-order valence-electron chi connectivity index (χ1n) is 6.83. The molecule has 0 amide bonds. The van der Waals surface area contributed by atoms with Crippen molar-refractivity contribution in [3.05, 3.63) is 34.3 Å². The van der Waals surface area contributed by atoms with Crippen LogP contribution in [0.3, 0.4) is 0 Å². The van der Waals surface area contributed by atoms with Crippen molar-refractivity contribution in [1.82, 2.24) is 4.90 Å². The van der Waals surface area contributed by atoms with Crippen LogP contribution in [0.4, 0.5) is 0 Å². The van der Waals surface area contributed by atoms with Gasteiger partial charge < -0.3 is 10.6 Å². The predicted molar refractivity (Wildman–Crippen MR) is 80.4 cm³/mol. The van der Waals surface area contributed by atoms with Gasteiger partial charge in [0.1, 0.15) is 0 Å². The molecule has 1 aliphatic carbocycles. The van der Waals surface area contributed by atoms with Crippen LogP contribution in [0.15, 0.2) is 28.7 Å². The topological polar surface area (TPSA) is 29.3 Å². The Balaban J connectivity index is 1.86. The fraction of sp³-hybridized carbons (Fsp3) is 0.600. The minimum atomic E-state index is 0.406. The highest BCUT2D eigenvalue weighted by Gasteiger charge is 2.22. The second-order valence-electron chi connectivity index (χ2n) is 5.54. The lowest BCUT2D eigenvalue weighted by molar-refractivity contribution is 0.206. The van der Waals surface area contributed by atoms with Crippen LogP contribution in [-0.2, 0) is 6.54 Å². The Kier molecular flexibility index (Phi) is 5.22. The summed E-state index contributed by atoms with van der Waals surface area (Å²) in [4.78, 5) is 2.40. The third-order valence-corrected chi connectivity index (χ3v) is 4.35. The first-order valence-corrected chi connectivity index (χ1v) is 7.63. The van der Waals surface area contributed by atoms with E-state index in [2.05, 4.69) is 52.1 Å². The normalized spacial score (nSPS) is 24.4. The van der Waals surface area contributed by atoms with Crippen molar-refractivity contribution >= 4 is 15.9 Å². The second-order valence-corrected chi connectivity index (χ2v) is 6.45. The van der Waals surface area contributed by atoms with Gasteiger partial charge in [-0.3, -0.25) is 0 Å². The van der Waals surface area contributed by atoms with Crippen LogP contribution >= 0.6 is 15.9 Å². The van der Waals surface area contributed by atoms with Gasteiger partial charge in [-0.25, -0.2) is 0 Å². The van der Waals surface area contributed by atoms with E-state index >= 15 is 0 Å². The number of halogens is 1. The zero-order chi connectivity index (χ0) is 13.0. The molecule has 2 rings (SSSR count). The maximum absolute atomic E-state index is 6.21. The molecule has 2 nitrogen and oxygen atoms in total. The Bertz CT molecular complexity index is 381. The van der Waals surface area contributed by atoms with Crippen LogP contribution in [-0.4, -0.2) is 24.5 Å². The van der Waals surface area contributed by atoms with Crippen LogP contribution in [0.2, 0.25) is 0 Å². The maximum atomic E-state index is 6.21. The lowest BCUT2D eigenvalue weighted by atomic mass is 9.85. The third-order valence-electron chi connectivity index (χ3n) is 3.86. The molecule has 2 unspecified atom stereocenters. The smallest absolute Gasteiger partial charge is 0.0231 e. The minimum Gasteiger partial charge on any atom is -0.327 e. The Labute approximate surface area is 119 Å². The van der Waals surface area contributed by atoms with Gasteiger partial charge in [0.05, 0.1) is 0 Å². The molecule has 1 aliphatic rings. The maximum Gasteiger partial charge on any atom is 0.0231 e. The van der Waals surface area contributed by atoms with Gasteiger partial charge in [0.2, 0.25) is 0 Å². The van der Waals surface area contributed by atoms with Crippen LogP contribution in [0.1, 0.15) is 31.2 Å². The molecular formula is C15H23BrN2. The molecule has 0 bridgehead atoms. The summed E-state index contributed by atoms with van der Waals surface area (Å²) < 4.78 is 1.16. The van der Waals surface area contributed by atoms with Gasteiger partial charge in [0, 0.05) is 23.6 Å². The molecule has 1 aromatic carbocycles. The van der Waals surface area contributed by atoms with E-state index in [0.717, 1.165) is 17.6 Å². The van der Waals surface area contributed by atoms with Gasteiger partial charge in [-0.05, 0) is 43.5 Å². The number of hydrogen-bond donors (Lipinski definition) is 1. The highest BCUT2D eigenvalue weighted by molar-refractivity contribution is 9.10. The molecule has 2 atom stereocenters. The number of nitrogens with zero attached hydrogens (tertiary/aromatic N) is 1. The lowest BCUT2D eigenvalue weighted by Gasteiger charge is -2.32. The summed E-state index contributed by atoms with van der Waals surface area (Å²) in [6.45, 7) is 2.12. The molecule has 0 aromatic heterocycles. The Morgan fingerprint density at radius 3 is 2.83 bits per heavy atom. The van der Waals surface area contributed by atoms with Gasteiger partial charge in [-0.15, -0.1) is 0 Å². The van der Waals surface area contributed by atoms with Crippen LogP contribution < -0.4 is 5.73 Å². The summed E-state index contributed by atoms with van der Waals surface area (Å²) in [5.74, 6) is 0.677. The highest BCUT2D eigenvalue weighted by atomic mass is 79.9. The summed E-state index contributed by atoms with van der Waals surface area (Å²) in [7, 11) is 2.20. The van der Waals surface area contributed by atoms with Crippen LogP contribution in [0.5, 0.6) is 0 Å². The van der Waals surface area contributed by atoms with E-state index in [1.54, 1.807) is 0 Å². The van der Waals surface area contributed by atoms with E-state index in [1.165, 1.54) is 31.2 Å². The van der Waals surface area contributed by atoms with Gasteiger partial charge in [-0.1, -0.05) is 40.9 Å². The van der Waals surface area contributed by atoms with Crippen molar-refractivity contribution in [1.29, 1.82) is 0 Å². The van der Waals surface area contributed by atoms with Crippen molar-refractivity contribution in [3.8, 4) is 0 Å². The van der Waals surface area contributed by atoms with Crippen molar-refractivity contribution in [3.63, 3.8) is 0 Å². The van der Waals surface area contributed by atoms with Crippen molar-refractivity contribution < 1.29 is 0 Å². The quantitative estimate of drug-likeness (QED) is 0.923.